The molecule has 3 aromatic rings. The van der Waals surface area contributed by atoms with Crippen molar-refractivity contribution in [2.45, 2.75) is 38.6 Å². The van der Waals surface area contributed by atoms with Crippen molar-refractivity contribution in [1.82, 2.24) is 19.9 Å². The van der Waals surface area contributed by atoms with Crippen LogP contribution in [-0.4, -0.2) is 71.0 Å². The van der Waals surface area contributed by atoms with Gasteiger partial charge in [0, 0.05) is 37.5 Å². The van der Waals surface area contributed by atoms with E-state index in [0.717, 1.165) is 32.0 Å². The number of likely N-dealkylation sites (tertiary alicyclic amines) is 1. The van der Waals surface area contributed by atoms with Gasteiger partial charge in [0.05, 0.1) is 5.69 Å². The van der Waals surface area contributed by atoms with E-state index in [4.69, 9.17) is 9.26 Å². The number of hydrogen-bond acceptors (Lipinski definition) is 8. The first-order chi connectivity index (χ1) is 19.6. The van der Waals surface area contributed by atoms with Gasteiger partial charge in [-0.2, -0.15) is 0 Å². The first-order valence-electron chi connectivity index (χ1n) is 13.3. The van der Waals surface area contributed by atoms with Crippen molar-refractivity contribution >= 4 is 35.2 Å². The van der Waals surface area contributed by atoms with E-state index in [1.54, 1.807) is 37.1 Å². The van der Waals surface area contributed by atoms with Gasteiger partial charge in [0.2, 0.25) is 11.8 Å². The summed E-state index contributed by atoms with van der Waals surface area (Å²) >= 11 is 0. The number of rotatable bonds is 8. The minimum atomic E-state index is -1.30. The Bertz CT molecular complexity index is 1450. The molecule has 3 heterocycles. The quantitative estimate of drug-likeness (QED) is 0.345. The number of piperidine rings is 1. The zero-order valence-electron chi connectivity index (χ0n) is 23.1. The van der Waals surface area contributed by atoms with Crippen molar-refractivity contribution < 1.29 is 28.0 Å². The number of hydrogen-bond donors (Lipinski definition) is 3. The van der Waals surface area contributed by atoms with Crippen LogP contribution in [0, 0.1) is 18.2 Å². The number of anilines is 3. The van der Waals surface area contributed by atoms with Gasteiger partial charge in [0.25, 0.3) is 0 Å². The zero-order valence-corrected chi connectivity index (χ0v) is 23.1. The molecule has 2 aliphatic rings. The average Bonchev–Trinajstić information content (AvgIpc) is 3.67. The van der Waals surface area contributed by atoms with Gasteiger partial charge in [0.15, 0.2) is 5.82 Å². The van der Waals surface area contributed by atoms with Crippen molar-refractivity contribution in [1.29, 1.82) is 0 Å². The maximum Gasteiger partial charge on any atom is 0.323 e. The van der Waals surface area contributed by atoms with Crippen molar-refractivity contribution in [3.05, 3.63) is 54.2 Å². The second-order valence-corrected chi connectivity index (χ2v) is 10.5. The molecule has 0 spiro atoms. The van der Waals surface area contributed by atoms with Crippen LogP contribution < -0.4 is 20.7 Å². The maximum absolute atomic E-state index is 14.9. The number of carbonyl (C=O) groups excluding carboxylic acids is 3. The van der Waals surface area contributed by atoms with E-state index in [1.165, 1.54) is 18.3 Å². The summed E-state index contributed by atoms with van der Waals surface area (Å²) in [5, 5.41) is 11.6. The fourth-order valence-electron chi connectivity index (χ4n) is 4.67. The highest BCUT2D eigenvalue weighted by molar-refractivity contribution is 6.16. The number of aromatic nitrogens is 2. The molecule has 1 aliphatic carbocycles. The Labute approximate surface area is 236 Å². The number of aryl methyl sites for hydroxylation is 1. The second-order valence-electron chi connectivity index (χ2n) is 10.5. The summed E-state index contributed by atoms with van der Waals surface area (Å²) < 4.78 is 25.6. The van der Waals surface area contributed by atoms with Gasteiger partial charge < -0.3 is 29.7 Å². The van der Waals surface area contributed by atoms with E-state index in [1.807, 2.05) is 0 Å². The molecule has 12 nitrogen and oxygen atoms in total. The van der Waals surface area contributed by atoms with Crippen LogP contribution in [0.5, 0.6) is 11.5 Å². The van der Waals surface area contributed by atoms with Gasteiger partial charge >= 0.3 is 6.03 Å². The molecular weight excluding hydrogens is 533 g/mol. The van der Waals surface area contributed by atoms with Crippen LogP contribution in [0.4, 0.5) is 26.5 Å². The number of carbonyl (C=O) groups is 3. The fraction of sp³-hybridized carbons (Fsp3) is 0.393. The largest absolute Gasteiger partial charge is 0.457 e. The van der Waals surface area contributed by atoms with Crippen molar-refractivity contribution in [3.63, 3.8) is 0 Å². The predicted molar refractivity (Wildman–Crippen MR) is 148 cm³/mol. The monoisotopic (exact) mass is 565 g/mol. The number of benzene rings is 1. The minimum Gasteiger partial charge on any atom is -0.457 e. The van der Waals surface area contributed by atoms with Crippen LogP contribution in [0.25, 0.3) is 0 Å². The van der Waals surface area contributed by atoms with E-state index < -0.39 is 23.0 Å². The van der Waals surface area contributed by atoms with Gasteiger partial charge in [-0.25, -0.2) is 14.2 Å². The topological polar surface area (TPSA) is 142 Å². The van der Waals surface area contributed by atoms with Gasteiger partial charge in [0.1, 0.15) is 34.3 Å². The molecule has 0 atom stereocenters. The summed E-state index contributed by atoms with van der Waals surface area (Å²) in [6.45, 7) is 3.55. The predicted octanol–water partition coefficient (Wildman–Crippen LogP) is 4.22. The van der Waals surface area contributed by atoms with E-state index in [-0.39, 0.29) is 29.3 Å². The number of nitrogens with zero attached hydrogens (tertiary/aromatic N) is 4. The lowest BCUT2D eigenvalue weighted by atomic mass is 10.0. The van der Waals surface area contributed by atoms with E-state index in [2.05, 4.69) is 38.0 Å². The Morgan fingerprint density at radius 1 is 1.02 bits per heavy atom. The Morgan fingerprint density at radius 2 is 1.73 bits per heavy atom. The summed E-state index contributed by atoms with van der Waals surface area (Å²) in [6, 6.07) is 8.51. The molecule has 3 N–H and O–H groups in total. The lowest BCUT2D eigenvalue weighted by Gasteiger charge is -2.34. The molecule has 1 saturated carbocycles. The number of ether oxygens (including phenoxy) is 1. The zero-order chi connectivity index (χ0) is 29.1. The molecule has 2 fully saturated rings. The lowest BCUT2D eigenvalue weighted by molar-refractivity contribution is -0.131. The number of nitrogens with one attached hydrogen (secondary N) is 3. The summed E-state index contributed by atoms with van der Waals surface area (Å²) in [5.41, 5.74) is -1.38. The molecule has 0 radical (unpaired) electrons. The Morgan fingerprint density at radius 3 is 2.39 bits per heavy atom. The van der Waals surface area contributed by atoms with Crippen LogP contribution in [0.1, 0.15) is 31.4 Å². The molecule has 0 bridgehead atoms. The summed E-state index contributed by atoms with van der Waals surface area (Å²) in [4.78, 5) is 46.4. The first kappa shape index (κ1) is 28.0. The first-order valence-corrected chi connectivity index (χ1v) is 13.3. The third-order valence-electron chi connectivity index (χ3n) is 7.44. The van der Waals surface area contributed by atoms with E-state index in [9.17, 15) is 18.8 Å². The standard InChI is InChI=1S/C28H32FN7O5/c1-17-14-24(34-41-17)32-26(38)28(9-10-28)25(37)31-22-5-4-19(15-21(22)29)40-20-6-11-30-23(16-20)33-27(39)36(3)18-7-12-35(2)13-8-18/h4-6,11,14-16,18H,7-10,12-13H2,1-3H3,(H,31,37)(H,30,33,39)(H,32,34,38). The van der Waals surface area contributed by atoms with Crippen LogP contribution in [0.2, 0.25) is 0 Å². The highest BCUT2D eigenvalue weighted by Crippen LogP contribution is 2.47. The van der Waals surface area contributed by atoms with Gasteiger partial charge in [-0.1, -0.05) is 5.16 Å². The Balaban J connectivity index is 1.18. The van der Waals surface area contributed by atoms with E-state index >= 15 is 0 Å². The highest BCUT2D eigenvalue weighted by atomic mass is 19.1. The molecule has 0 unspecified atom stereocenters. The van der Waals surface area contributed by atoms with Gasteiger partial charge in [-0.15, -0.1) is 0 Å². The number of halogens is 1. The maximum atomic E-state index is 14.9. The molecule has 1 aromatic carbocycles. The molecule has 13 heteroatoms. The molecule has 1 saturated heterocycles. The number of urea groups is 1. The summed E-state index contributed by atoms with van der Waals surface area (Å²) in [7, 11) is 3.83. The normalized spacial score (nSPS) is 16.5. The molecule has 216 valence electrons. The van der Waals surface area contributed by atoms with Crippen LogP contribution >= 0.6 is 0 Å². The fourth-order valence-corrected chi connectivity index (χ4v) is 4.67. The van der Waals surface area contributed by atoms with Crippen LogP contribution in [-0.2, 0) is 9.59 Å². The Kier molecular flexibility index (Phi) is 7.88. The highest BCUT2D eigenvalue weighted by Gasteiger charge is 2.56. The van der Waals surface area contributed by atoms with Crippen LogP contribution in [0.3, 0.4) is 0 Å². The second kappa shape index (κ2) is 11.5. The van der Waals surface area contributed by atoms with Crippen molar-refractivity contribution in [2.24, 2.45) is 5.41 Å². The molecular formula is C28H32FN7O5. The molecule has 41 heavy (non-hydrogen) atoms. The molecule has 2 aromatic heterocycles. The van der Waals surface area contributed by atoms with Crippen LogP contribution in [0.15, 0.2) is 47.1 Å². The summed E-state index contributed by atoms with van der Waals surface area (Å²) in [6.07, 6.45) is 3.94. The van der Waals surface area contributed by atoms with Crippen molar-refractivity contribution in [3.8, 4) is 11.5 Å². The summed E-state index contributed by atoms with van der Waals surface area (Å²) in [5.74, 6) is -0.334. The van der Waals surface area contributed by atoms with E-state index in [0.29, 0.717) is 30.2 Å². The Hall–Kier alpha value is -4.52. The smallest absolute Gasteiger partial charge is 0.323 e. The average molecular weight is 566 g/mol. The van der Waals surface area contributed by atoms with Crippen molar-refractivity contribution in [2.75, 3.05) is 43.1 Å². The third kappa shape index (κ3) is 6.46. The number of amides is 4. The number of pyridine rings is 1. The SMILES string of the molecule is Cc1cc(NC(=O)C2(C(=O)Nc3ccc(Oc4ccnc(NC(=O)N(C)C5CCN(C)CC5)c4)cc3F)CC2)no1. The van der Waals surface area contributed by atoms with Gasteiger partial charge in [-0.3, -0.25) is 14.9 Å². The van der Waals surface area contributed by atoms with Gasteiger partial charge in [-0.05, 0) is 70.9 Å². The molecule has 4 amide bonds. The minimum absolute atomic E-state index is 0.0849. The third-order valence-corrected chi connectivity index (χ3v) is 7.44. The molecule has 5 rings (SSSR count). The lowest BCUT2D eigenvalue weighted by Crippen LogP contribution is -2.46. The molecule has 1 aliphatic heterocycles.